The summed E-state index contributed by atoms with van der Waals surface area (Å²) in [7, 11) is 0. The molecule has 4 rings (SSSR count). The van der Waals surface area contributed by atoms with Gasteiger partial charge in [0.1, 0.15) is 11.7 Å². The molecule has 2 N–H and O–H groups in total. The Kier molecular flexibility index (Phi) is 4.87. The molecule has 3 aromatic rings. The normalized spacial score (nSPS) is 17.0. The lowest BCUT2D eigenvalue weighted by molar-refractivity contribution is -0.115. The van der Waals surface area contributed by atoms with E-state index in [-0.39, 0.29) is 18.5 Å². The first-order valence-corrected chi connectivity index (χ1v) is 9.73. The van der Waals surface area contributed by atoms with E-state index in [1.165, 1.54) is 34.4 Å². The second-order valence-corrected chi connectivity index (χ2v) is 7.62. The Morgan fingerprint density at radius 3 is 2.79 bits per heavy atom. The molecular weight excluding hydrogens is 400 g/mol. The summed E-state index contributed by atoms with van der Waals surface area (Å²) in [5.41, 5.74) is 2.45. The van der Waals surface area contributed by atoms with Crippen molar-refractivity contribution in [1.82, 2.24) is 19.9 Å². The standard InChI is InChI=1S/C19H17F2N5O2S/c1-11-3-2-4-13(23-11)14-10-29-18(24-14)25-16(27)8-22-17(28)12-5-6-26(9-12)15-7-19(15,20)21/h2-6,9-10,15H,7-8H2,1H3,(H,22,28)(H,24,25,27). The molecule has 150 valence electrons. The Labute approximate surface area is 168 Å². The number of aryl methyl sites for hydroxylation is 1. The summed E-state index contributed by atoms with van der Waals surface area (Å²) in [5, 5.41) is 7.27. The minimum Gasteiger partial charge on any atom is -0.344 e. The second-order valence-electron chi connectivity index (χ2n) is 6.76. The first-order valence-electron chi connectivity index (χ1n) is 8.85. The first kappa shape index (κ1) is 19.2. The van der Waals surface area contributed by atoms with Crippen LogP contribution in [-0.2, 0) is 4.79 Å². The second kappa shape index (κ2) is 7.36. The highest BCUT2D eigenvalue weighted by atomic mass is 32.1. The maximum Gasteiger partial charge on any atom is 0.270 e. The highest BCUT2D eigenvalue weighted by Crippen LogP contribution is 2.52. The Morgan fingerprint density at radius 1 is 1.28 bits per heavy atom. The monoisotopic (exact) mass is 417 g/mol. The molecule has 1 unspecified atom stereocenters. The molecule has 10 heteroatoms. The molecule has 0 aliphatic heterocycles. The van der Waals surface area contributed by atoms with Gasteiger partial charge in [-0.3, -0.25) is 14.6 Å². The highest BCUT2D eigenvalue weighted by molar-refractivity contribution is 7.14. The van der Waals surface area contributed by atoms with Crippen LogP contribution < -0.4 is 10.6 Å². The number of amides is 2. The van der Waals surface area contributed by atoms with Crippen LogP contribution in [0.1, 0.15) is 28.5 Å². The number of thiazole rings is 1. The molecule has 3 aromatic heterocycles. The number of hydrogen-bond acceptors (Lipinski definition) is 5. The van der Waals surface area contributed by atoms with Crippen LogP contribution in [0.15, 0.2) is 42.0 Å². The molecule has 1 atom stereocenters. The number of anilines is 1. The van der Waals surface area contributed by atoms with Crippen molar-refractivity contribution in [3.63, 3.8) is 0 Å². The quantitative estimate of drug-likeness (QED) is 0.644. The molecule has 0 spiro atoms. The molecule has 1 fully saturated rings. The van der Waals surface area contributed by atoms with Crippen LogP contribution >= 0.6 is 11.3 Å². The molecule has 1 saturated carbocycles. The van der Waals surface area contributed by atoms with E-state index in [9.17, 15) is 18.4 Å². The third-order valence-electron chi connectivity index (χ3n) is 4.44. The smallest absolute Gasteiger partial charge is 0.270 e. The topological polar surface area (TPSA) is 88.9 Å². The average molecular weight is 417 g/mol. The van der Waals surface area contributed by atoms with Gasteiger partial charge in [-0.25, -0.2) is 13.8 Å². The van der Waals surface area contributed by atoms with Crippen molar-refractivity contribution in [2.24, 2.45) is 0 Å². The Bertz CT molecular complexity index is 1080. The van der Waals surface area contributed by atoms with Gasteiger partial charge in [0.15, 0.2) is 5.13 Å². The molecule has 29 heavy (non-hydrogen) atoms. The van der Waals surface area contributed by atoms with E-state index in [1.54, 1.807) is 5.38 Å². The third kappa shape index (κ3) is 4.32. The van der Waals surface area contributed by atoms with Crippen LogP contribution in [0.5, 0.6) is 0 Å². The van der Waals surface area contributed by atoms with E-state index < -0.39 is 23.8 Å². The minimum absolute atomic E-state index is 0.223. The fraction of sp³-hybridized carbons (Fsp3) is 0.263. The Hall–Kier alpha value is -3.14. The van der Waals surface area contributed by atoms with Gasteiger partial charge in [0.25, 0.3) is 11.8 Å². The van der Waals surface area contributed by atoms with Crippen molar-refractivity contribution in [3.8, 4) is 11.4 Å². The van der Waals surface area contributed by atoms with Crippen LogP contribution in [-0.4, -0.2) is 38.8 Å². The summed E-state index contributed by atoms with van der Waals surface area (Å²) in [6, 6.07) is 6.14. The fourth-order valence-corrected chi connectivity index (χ4v) is 3.54. The fourth-order valence-electron chi connectivity index (χ4n) is 2.82. The van der Waals surface area contributed by atoms with Gasteiger partial charge in [-0.15, -0.1) is 11.3 Å². The van der Waals surface area contributed by atoms with Crippen molar-refractivity contribution >= 4 is 28.3 Å². The summed E-state index contributed by atoms with van der Waals surface area (Å²) < 4.78 is 27.5. The SMILES string of the molecule is Cc1cccc(-c2csc(NC(=O)CNC(=O)c3ccn(C4CC4(F)F)c3)n2)n1. The molecular formula is C19H17F2N5O2S. The van der Waals surface area contributed by atoms with Gasteiger partial charge in [0, 0.05) is 29.9 Å². The van der Waals surface area contributed by atoms with E-state index in [2.05, 4.69) is 20.6 Å². The van der Waals surface area contributed by atoms with Gasteiger partial charge < -0.3 is 15.2 Å². The summed E-state index contributed by atoms with van der Waals surface area (Å²) in [6.07, 6.45) is 2.58. The average Bonchev–Trinajstić information content (AvgIpc) is 3.09. The molecule has 1 aliphatic carbocycles. The van der Waals surface area contributed by atoms with Gasteiger partial charge in [-0.2, -0.15) is 0 Å². The molecule has 0 saturated heterocycles. The van der Waals surface area contributed by atoms with Gasteiger partial charge in [0.05, 0.1) is 17.8 Å². The van der Waals surface area contributed by atoms with Gasteiger partial charge in [-0.1, -0.05) is 6.07 Å². The molecule has 0 aromatic carbocycles. The van der Waals surface area contributed by atoms with Crippen molar-refractivity contribution in [1.29, 1.82) is 0 Å². The number of halogens is 2. The number of aromatic nitrogens is 3. The van der Waals surface area contributed by atoms with Gasteiger partial charge >= 0.3 is 0 Å². The van der Waals surface area contributed by atoms with Crippen molar-refractivity contribution in [3.05, 3.63) is 53.3 Å². The van der Waals surface area contributed by atoms with E-state index in [1.807, 2.05) is 25.1 Å². The molecule has 7 nitrogen and oxygen atoms in total. The van der Waals surface area contributed by atoms with Crippen LogP contribution in [0.4, 0.5) is 13.9 Å². The Balaban J connectivity index is 1.30. The number of carbonyl (C=O) groups excluding carboxylic acids is 2. The van der Waals surface area contributed by atoms with Gasteiger partial charge in [0.2, 0.25) is 5.91 Å². The maximum absolute atomic E-state index is 13.1. The number of nitrogens with zero attached hydrogens (tertiary/aromatic N) is 3. The molecule has 1 aliphatic rings. The van der Waals surface area contributed by atoms with E-state index in [0.29, 0.717) is 16.5 Å². The number of pyridine rings is 1. The largest absolute Gasteiger partial charge is 0.344 e. The van der Waals surface area contributed by atoms with Crippen LogP contribution in [0.3, 0.4) is 0 Å². The summed E-state index contributed by atoms with van der Waals surface area (Å²) in [4.78, 5) is 32.9. The number of carbonyl (C=O) groups is 2. The van der Waals surface area contributed by atoms with Crippen LogP contribution in [0.25, 0.3) is 11.4 Å². The summed E-state index contributed by atoms with van der Waals surface area (Å²) in [5.74, 6) is -3.66. The van der Waals surface area contributed by atoms with Gasteiger partial charge in [-0.05, 0) is 25.1 Å². The number of rotatable bonds is 6. The molecule has 3 heterocycles. The van der Waals surface area contributed by atoms with E-state index in [0.717, 1.165) is 5.69 Å². The number of alkyl halides is 2. The number of hydrogen-bond donors (Lipinski definition) is 2. The van der Waals surface area contributed by atoms with Crippen LogP contribution in [0, 0.1) is 6.92 Å². The van der Waals surface area contributed by atoms with E-state index >= 15 is 0 Å². The molecule has 2 amide bonds. The van der Waals surface area contributed by atoms with Crippen molar-refractivity contribution in [2.75, 3.05) is 11.9 Å². The predicted octanol–water partition coefficient (Wildman–Crippen LogP) is 3.26. The van der Waals surface area contributed by atoms with Crippen LogP contribution in [0.2, 0.25) is 0 Å². The predicted molar refractivity (Wildman–Crippen MR) is 104 cm³/mol. The van der Waals surface area contributed by atoms with Crippen molar-refractivity contribution < 1.29 is 18.4 Å². The van der Waals surface area contributed by atoms with E-state index in [4.69, 9.17) is 0 Å². The first-order chi connectivity index (χ1) is 13.8. The minimum atomic E-state index is -2.72. The lowest BCUT2D eigenvalue weighted by Crippen LogP contribution is -2.32. The molecule has 0 bridgehead atoms. The lowest BCUT2D eigenvalue weighted by Gasteiger charge is -2.04. The zero-order valence-electron chi connectivity index (χ0n) is 15.4. The maximum atomic E-state index is 13.1. The zero-order chi connectivity index (χ0) is 20.6. The summed E-state index contributed by atoms with van der Waals surface area (Å²) in [6.45, 7) is 1.62. The third-order valence-corrected chi connectivity index (χ3v) is 5.20. The molecule has 0 radical (unpaired) electrons. The van der Waals surface area contributed by atoms with Crippen molar-refractivity contribution in [2.45, 2.75) is 25.3 Å². The number of nitrogens with one attached hydrogen (secondary N) is 2. The zero-order valence-corrected chi connectivity index (χ0v) is 16.2. The Morgan fingerprint density at radius 2 is 2.07 bits per heavy atom. The lowest BCUT2D eigenvalue weighted by atomic mass is 10.3. The summed E-state index contributed by atoms with van der Waals surface area (Å²) >= 11 is 1.25. The highest BCUT2D eigenvalue weighted by Gasteiger charge is 2.58.